The fraction of sp³-hybridized carbons (Fsp3) is 0.636. The number of carbonyl (C=O) groups is 1. The number of aromatic nitrogens is 1. The quantitative estimate of drug-likeness (QED) is 0.856. The number of nitrogens with one attached hydrogen (secondary N) is 1. The van der Waals surface area contributed by atoms with Crippen molar-refractivity contribution in [2.24, 2.45) is 0 Å². The Balaban J connectivity index is 2.53. The molecule has 15 heavy (non-hydrogen) atoms. The van der Waals surface area contributed by atoms with E-state index < -0.39 is 0 Å². The molecule has 84 valence electrons. The molecule has 0 radical (unpaired) electrons. The highest BCUT2D eigenvalue weighted by Gasteiger charge is 2.10. The SMILES string of the molecule is CC(C)NC(=O)Cc1nc(C(C)C)cs1. The van der Waals surface area contributed by atoms with E-state index in [4.69, 9.17) is 0 Å². The minimum absolute atomic E-state index is 0.0506. The van der Waals surface area contributed by atoms with Crippen molar-refractivity contribution in [3.63, 3.8) is 0 Å². The number of hydrogen-bond donors (Lipinski definition) is 1. The molecule has 0 aliphatic heterocycles. The zero-order valence-corrected chi connectivity index (χ0v) is 10.5. The Bertz CT molecular complexity index is 331. The highest BCUT2D eigenvalue weighted by atomic mass is 32.1. The molecule has 3 nitrogen and oxygen atoms in total. The van der Waals surface area contributed by atoms with Crippen LogP contribution in [-0.4, -0.2) is 16.9 Å². The lowest BCUT2D eigenvalue weighted by Gasteiger charge is -2.06. The Kier molecular flexibility index (Phi) is 4.27. The fourth-order valence-corrected chi connectivity index (χ4v) is 2.14. The van der Waals surface area contributed by atoms with Crippen molar-refractivity contribution in [3.8, 4) is 0 Å². The number of amides is 1. The van der Waals surface area contributed by atoms with E-state index in [2.05, 4.69) is 24.1 Å². The van der Waals surface area contributed by atoms with Crippen LogP contribution in [0.25, 0.3) is 0 Å². The van der Waals surface area contributed by atoms with Gasteiger partial charge in [0.25, 0.3) is 0 Å². The van der Waals surface area contributed by atoms with Crippen molar-refractivity contribution in [3.05, 3.63) is 16.1 Å². The van der Waals surface area contributed by atoms with Crippen molar-refractivity contribution in [1.82, 2.24) is 10.3 Å². The van der Waals surface area contributed by atoms with Gasteiger partial charge in [0.15, 0.2) is 0 Å². The maximum absolute atomic E-state index is 11.5. The molecule has 0 atom stereocenters. The standard InChI is InChI=1S/C11H18N2OS/c1-7(2)9-6-15-11(13-9)5-10(14)12-8(3)4/h6-8H,5H2,1-4H3,(H,12,14). The van der Waals surface area contributed by atoms with Crippen molar-refractivity contribution < 1.29 is 4.79 Å². The maximum atomic E-state index is 11.5. The largest absolute Gasteiger partial charge is 0.354 e. The average molecular weight is 226 g/mol. The van der Waals surface area contributed by atoms with Gasteiger partial charge in [0.05, 0.1) is 12.1 Å². The van der Waals surface area contributed by atoms with Crippen LogP contribution in [0.4, 0.5) is 0 Å². The molecule has 0 aromatic carbocycles. The second-order valence-corrected chi connectivity index (χ2v) is 5.16. The molecule has 0 aliphatic carbocycles. The summed E-state index contributed by atoms with van der Waals surface area (Å²) in [6.45, 7) is 8.12. The van der Waals surface area contributed by atoms with E-state index in [-0.39, 0.29) is 11.9 Å². The Labute approximate surface area is 94.9 Å². The van der Waals surface area contributed by atoms with E-state index >= 15 is 0 Å². The molecule has 1 amide bonds. The van der Waals surface area contributed by atoms with Gasteiger partial charge in [0.1, 0.15) is 5.01 Å². The molecule has 4 heteroatoms. The number of rotatable bonds is 4. The van der Waals surface area contributed by atoms with Crippen LogP contribution >= 0.6 is 11.3 Å². The van der Waals surface area contributed by atoms with Gasteiger partial charge in [-0.25, -0.2) is 4.98 Å². The Hall–Kier alpha value is -0.900. The van der Waals surface area contributed by atoms with Crippen molar-refractivity contribution in [1.29, 1.82) is 0 Å². The lowest BCUT2D eigenvalue weighted by atomic mass is 10.2. The lowest BCUT2D eigenvalue weighted by Crippen LogP contribution is -2.31. The van der Waals surface area contributed by atoms with Crippen LogP contribution in [0.1, 0.15) is 44.3 Å². The van der Waals surface area contributed by atoms with Crippen molar-refractivity contribution in [2.75, 3.05) is 0 Å². The first-order chi connectivity index (χ1) is 6.99. The molecule has 0 aliphatic rings. The smallest absolute Gasteiger partial charge is 0.227 e. The van der Waals surface area contributed by atoms with Gasteiger partial charge in [-0.3, -0.25) is 4.79 Å². The van der Waals surface area contributed by atoms with E-state index in [9.17, 15) is 4.79 Å². The van der Waals surface area contributed by atoms with Gasteiger partial charge in [-0.1, -0.05) is 13.8 Å². The highest BCUT2D eigenvalue weighted by molar-refractivity contribution is 7.09. The molecule has 1 rings (SSSR count). The Morgan fingerprint density at radius 1 is 1.47 bits per heavy atom. The third-order valence-corrected chi connectivity index (χ3v) is 2.79. The normalized spacial score (nSPS) is 11.1. The van der Waals surface area contributed by atoms with Gasteiger partial charge in [-0.05, 0) is 19.8 Å². The topological polar surface area (TPSA) is 42.0 Å². The second kappa shape index (κ2) is 5.26. The molecule has 1 heterocycles. The van der Waals surface area contributed by atoms with E-state index in [0.717, 1.165) is 10.7 Å². The fourth-order valence-electron chi connectivity index (χ4n) is 1.18. The summed E-state index contributed by atoms with van der Waals surface area (Å²) in [5.74, 6) is 0.484. The number of nitrogens with zero attached hydrogens (tertiary/aromatic N) is 1. The average Bonchev–Trinajstić information content (AvgIpc) is 2.50. The molecular weight excluding hydrogens is 208 g/mol. The molecule has 0 fully saturated rings. The summed E-state index contributed by atoms with van der Waals surface area (Å²) in [5, 5.41) is 5.79. The second-order valence-electron chi connectivity index (χ2n) is 4.22. The Morgan fingerprint density at radius 2 is 2.13 bits per heavy atom. The van der Waals surface area contributed by atoms with Crippen LogP contribution in [-0.2, 0) is 11.2 Å². The number of hydrogen-bond acceptors (Lipinski definition) is 3. The summed E-state index contributed by atoms with van der Waals surface area (Å²) >= 11 is 1.56. The minimum Gasteiger partial charge on any atom is -0.354 e. The predicted octanol–water partition coefficient (Wildman–Crippen LogP) is 2.33. The van der Waals surface area contributed by atoms with Crippen LogP contribution in [0.5, 0.6) is 0 Å². The number of carbonyl (C=O) groups excluding carboxylic acids is 1. The zero-order chi connectivity index (χ0) is 11.4. The summed E-state index contributed by atoms with van der Waals surface area (Å²) in [6, 6.07) is 0.196. The van der Waals surface area contributed by atoms with Gasteiger partial charge < -0.3 is 5.32 Å². The van der Waals surface area contributed by atoms with E-state index in [1.54, 1.807) is 11.3 Å². The van der Waals surface area contributed by atoms with Crippen LogP contribution in [0.2, 0.25) is 0 Å². The monoisotopic (exact) mass is 226 g/mol. The molecule has 1 aromatic rings. The number of thiazole rings is 1. The van der Waals surface area contributed by atoms with Crippen LogP contribution in [0.3, 0.4) is 0 Å². The summed E-state index contributed by atoms with van der Waals surface area (Å²) in [7, 11) is 0. The van der Waals surface area contributed by atoms with E-state index in [0.29, 0.717) is 12.3 Å². The van der Waals surface area contributed by atoms with Crippen molar-refractivity contribution in [2.45, 2.75) is 46.1 Å². The molecular formula is C11H18N2OS. The molecule has 0 saturated carbocycles. The molecule has 1 N–H and O–H groups in total. The zero-order valence-electron chi connectivity index (χ0n) is 9.70. The van der Waals surface area contributed by atoms with Crippen LogP contribution in [0, 0.1) is 0 Å². The summed E-state index contributed by atoms with van der Waals surface area (Å²) in [5.41, 5.74) is 1.08. The molecule has 0 bridgehead atoms. The van der Waals surface area contributed by atoms with Gasteiger partial charge in [-0.15, -0.1) is 11.3 Å². The molecule has 0 unspecified atom stereocenters. The van der Waals surface area contributed by atoms with Crippen LogP contribution in [0.15, 0.2) is 5.38 Å². The van der Waals surface area contributed by atoms with Gasteiger partial charge in [-0.2, -0.15) is 0 Å². The third kappa shape index (κ3) is 4.00. The Morgan fingerprint density at radius 3 is 2.60 bits per heavy atom. The summed E-state index contributed by atoms with van der Waals surface area (Å²) in [6.07, 6.45) is 0.398. The van der Waals surface area contributed by atoms with Crippen LogP contribution < -0.4 is 5.32 Å². The van der Waals surface area contributed by atoms with Crippen molar-refractivity contribution >= 4 is 17.2 Å². The maximum Gasteiger partial charge on any atom is 0.227 e. The van der Waals surface area contributed by atoms with Gasteiger partial charge in [0, 0.05) is 11.4 Å². The van der Waals surface area contributed by atoms with E-state index in [1.165, 1.54) is 0 Å². The lowest BCUT2D eigenvalue weighted by molar-refractivity contribution is -0.120. The van der Waals surface area contributed by atoms with Gasteiger partial charge in [0.2, 0.25) is 5.91 Å². The first kappa shape index (κ1) is 12.2. The third-order valence-electron chi connectivity index (χ3n) is 1.92. The first-order valence-corrected chi connectivity index (χ1v) is 6.10. The van der Waals surface area contributed by atoms with E-state index in [1.807, 2.05) is 19.2 Å². The summed E-state index contributed by atoms with van der Waals surface area (Å²) in [4.78, 5) is 15.9. The highest BCUT2D eigenvalue weighted by Crippen LogP contribution is 2.17. The van der Waals surface area contributed by atoms with Gasteiger partial charge >= 0.3 is 0 Å². The molecule has 0 spiro atoms. The minimum atomic E-state index is 0.0506. The summed E-state index contributed by atoms with van der Waals surface area (Å²) < 4.78 is 0. The predicted molar refractivity (Wildman–Crippen MR) is 63.2 cm³/mol. The first-order valence-electron chi connectivity index (χ1n) is 5.22. The molecule has 1 aromatic heterocycles. The molecule has 0 saturated heterocycles.